The first-order chi connectivity index (χ1) is 11.1. The van der Waals surface area contributed by atoms with E-state index in [0.29, 0.717) is 0 Å². The second-order valence-corrected chi connectivity index (χ2v) is 6.90. The molecule has 0 amide bonds. The van der Waals surface area contributed by atoms with Crippen molar-refractivity contribution in [2.45, 2.75) is 57.8 Å². The third kappa shape index (κ3) is 2.69. The molecule has 0 aliphatic heterocycles. The minimum Gasteiger partial charge on any atom is -0.399 e. The Morgan fingerprint density at radius 2 is 1.43 bits per heavy atom. The molecular formula is C21H26BN. The van der Waals surface area contributed by atoms with Crippen LogP contribution in [-0.2, 0) is 5.41 Å². The van der Waals surface area contributed by atoms with Gasteiger partial charge in [-0.2, -0.15) is 0 Å². The van der Waals surface area contributed by atoms with Gasteiger partial charge in [0.15, 0.2) is 0 Å². The lowest BCUT2D eigenvalue weighted by Crippen LogP contribution is -2.26. The summed E-state index contributed by atoms with van der Waals surface area (Å²) in [6.45, 7) is 4.53. The predicted molar refractivity (Wildman–Crippen MR) is 102 cm³/mol. The fourth-order valence-electron chi connectivity index (χ4n) is 4.15. The normalized spacial score (nSPS) is 14.5. The summed E-state index contributed by atoms with van der Waals surface area (Å²) >= 11 is 0. The Hall–Kier alpha value is -1.70. The van der Waals surface area contributed by atoms with E-state index >= 15 is 0 Å². The molecule has 1 aliphatic rings. The summed E-state index contributed by atoms with van der Waals surface area (Å²) in [5, 5.41) is 0. The maximum atomic E-state index is 6.15. The largest absolute Gasteiger partial charge is 0.399 e. The number of unbranched alkanes of at least 4 members (excludes halogenated alkanes) is 2. The average Bonchev–Trinajstić information content (AvgIpc) is 2.80. The van der Waals surface area contributed by atoms with E-state index in [1.165, 1.54) is 60.8 Å². The summed E-state index contributed by atoms with van der Waals surface area (Å²) in [5.41, 5.74) is 13.5. The van der Waals surface area contributed by atoms with Crippen molar-refractivity contribution in [1.29, 1.82) is 0 Å². The Morgan fingerprint density at radius 3 is 2.04 bits per heavy atom. The third-order valence-corrected chi connectivity index (χ3v) is 5.32. The van der Waals surface area contributed by atoms with Crippen LogP contribution >= 0.6 is 0 Å². The molecule has 2 aromatic carbocycles. The number of hydrogen-bond acceptors (Lipinski definition) is 1. The van der Waals surface area contributed by atoms with Gasteiger partial charge in [-0.3, -0.25) is 0 Å². The van der Waals surface area contributed by atoms with Crippen molar-refractivity contribution >= 4 is 19.0 Å². The lowest BCUT2D eigenvalue weighted by atomic mass is 9.70. The highest BCUT2D eigenvalue weighted by Gasteiger charge is 2.42. The van der Waals surface area contributed by atoms with Gasteiger partial charge in [0.2, 0.25) is 0 Å². The van der Waals surface area contributed by atoms with Crippen LogP contribution in [-0.4, -0.2) is 7.85 Å². The van der Waals surface area contributed by atoms with Crippen molar-refractivity contribution in [2.24, 2.45) is 0 Å². The number of nitrogen functional groups attached to an aromatic ring is 1. The van der Waals surface area contributed by atoms with Gasteiger partial charge in [0.05, 0.1) is 0 Å². The lowest BCUT2D eigenvalue weighted by Gasteiger charge is -2.33. The van der Waals surface area contributed by atoms with Gasteiger partial charge >= 0.3 is 0 Å². The molecule has 2 radical (unpaired) electrons. The van der Waals surface area contributed by atoms with Crippen LogP contribution in [0.15, 0.2) is 36.4 Å². The molecule has 0 fully saturated rings. The van der Waals surface area contributed by atoms with E-state index in [-0.39, 0.29) is 5.41 Å². The number of rotatable bonds is 6. The summed E-state index contributed by atoms with van der Waals surface area (Å²) in [7, 11) is 6.15. The fourth-order valence-corrected chi connectivity index (χ4v) is 4.15. The zero-order valence-electron chi connectivity index (χ0n) is 14.4. The minimum absolute atomic E-state index is 0.0848. The second-order valence-electron chi connectivity index (χ2n) is 6.90. The zero-order chi connectivity index (χ0) is 16.4. The van der Waals surface area contributed by atoms with E-state index in [1.54, 1.807) is 0 Å². The Bertz CT molecular complexity index is 643. The van der Waals surface area contributed by atoms with E-state index in [4.69, 9.17) is 13.6 Å². The molecule has 23 heavy (non-hydrogen) atoms. The van der Waals surface area contributed by atoms with E-state index in [1.807, 2.05) is 12.1 Å². The van der Waals surface area contributed by atoms with E-state index < -0.39 is 0 Å². The molecule has 1 nitrogen and oxygen atoms in total. The first-order valence-corrected chi connectivity index (χ1v) is 8.92. The van der Waals surface area contributed by atoms with Crippen molar-refractivity contribution in [3.8, 4) is 11.1 Å². The number of benzene rings is 2. The Labute approximate surface area is 141 Å². The summed E-state index contributed by atoms with van der Waals surface area (Å²) in [6.07, 6.45) is 7.23. The molecule has 118 valence electrons. The van der Waals surface area contributed by atoms with Gasteiger partial charge in [-0.05, 0) is 47.2 Å². The van der Waals surface area contributed by atoms with Gasteiger partial charge in [0.25, 0.3) is 0 Å². The zero-order valence-corrected chi connectivity index (χ0v) is 14.4. The van der Waals surface area contributed by atoms with Gasteiger partial charge in [0, 0.05) is 11.1 Å². The fraction of sp³-hybridized carbons (Fsp3) is 0.429. The number of fused-ring (bicyclic) bond motifs is 3. The van der Waals surface area contributed by atoms with E-state index in [0.717, 1.165) is 11.2 Å². The summed E-state index contributed by atoms with van der Waals surface area (Å²) in [4.78, 5) is 0. The van der Waals surface area contributed by atoms with Gasteiger partial charge in [-0.15, -0.1) is 0 Å². The quantitative estimate of drug-likeness (QED) is 0.607. The first kappa shape index (κ1) is 16.2. The standard InChI is InChI=1S/C21H26BN/c1-3-5-11-21(12-6-4-2)19-13-15(22)7-9-17(19)18-10-8-16(23)14-20(18)21/h7-10,13-14H,3-6,11-12,23H2,1-2H3. The monoisotopic (exact) mass is 303 g/mol. The lowest BCUT2D eigenvalue weighted by molar-refractivity contribution is 0.415. The predicted octanol–water partition coefficient (Wildman–Crippen LogP) is 4.71. The molecular weight excluding hydrogens is 277 g/mol. The van der Waals surface area contributed by atoms with Crippen LogP contribution in [0, 0.1) is 0 Å². The SMILES string of the molecule is [B]c1ccc2c(c1)C(CCCC)(CCCC)c1cc(N)ccc1-2. The molecule has 0 bridgehead atoms. The molecule has 3 rings (SSSR count). The van der Waals surface area contributed by atoms with Crippen LogP contribution in [0.5, 0.6) is 0 Å². The molecule has 0 saturated heterocycles. The van der Waals surface area contributed by atoms with E-state index in [9.17, 15) is 0 Å². The van der Waals surface area contributed by atoms with Gasteiger partial charge in [0.1, 0.15) is 7.85 Å². The van der Waals surface area contributed by atoms with Crippen LogP contribution in [0.2, 0.25) is 0 Å². The maximum Gasteiger partial charge on any atom is 0.113 e. The number of nitrogens with two attached hydrogens (primary N) is 1. The highest BCUT2D eigenvalue weighted by molar-refractivity contribution is 6.32. The van der Waals surface area contributed by atoms with Gasteiger partial charge in [-0.25, -0.2) is 0 Å². The number of anilines is 1. The van der Waals surface area contributed by atoms with Crippen LogP contribution in [0.25, 0.3) is 11.1 Å². The van der Waals surface area contributed by atoms with Crippen molar-refractivity contribution in [1.82, 2.24) is 0 Å². The molecule has 2 aromatic rings. The molecule has 1 aliphatic carbocycles. The molecule has 0 atom stereocenters. The Morgan fingerprint density at radius 1 is 0.870 bits per heavy atom. The molecule has 0 aromatic heterocycles. The summed E-state index contributed by atoms with van der Waals surface area (Å²) in [6, 6.07) is 12.8. The molecule has 2 N–H and O–H groups in total. The molecule has 0 heterocycles. The van der Waals surface area contributed by atoms with Gasteiger partial charge in [-0.1, -0.05) is 69.3 Å². The van der Waals surface area contributed by atoms with Gasteiger partial charge < -0.3 is 5.73 Å². The second kappa shape index (κ2) is 6.43. The molecule has 0 unspecified atom stereocenters. The van der Waals surface area contributed by atoms with E-state index in [2.05, 4.69) is 38.1 Å². The van der Waals surface area contributed by atoms with Crippen molar-refractivity contribution in [3.05, 3.63) is 47.5 Å². The maximum absolute atomic E-state index is 6.15. The van der Waals surface area contributed by atoms with Crippen LogP contribution in [0.1, 0.15) is 63.5 Å². The van der Waals surface area contributed by atoms with Crippen molar-refractivity contribution in [3.63, 3.8) is 0 Å². The topological polar surface area (TPSA) is 26.0 Å². The third-order valence-electron chi connectivity index (χ3n) is 5.32. The molecule has 0 saturated carbocycles. The number of hydrogen-bond donors (Lipinski definition) is 1. The highest BCUT2D eigenvalue weighted by atomic mass is 14.6. The first-order valence-electron chi connectivity index (χ1n) is 8.92. The van der Waals surface area contributed by atoms with Crippen LogP contribution < -0.4 is 11.2 Å². The smallest absolute Gasteiger partial charge is 0.113 e. The Kier molecular flexibility index (Phi) is 4.52. The van der Waals surface area contributed by atoms with Crippen LogP contribution in [0.4, 0.5) is 5.69 Å². The highest BCUT2D eigenvalue weighted by Crippen LogP contribution is 2.54. The van der Waals surface area contributed by atoms with Crippen molar-refractivity contribution < 1.29 is 0 Å². The molecule has 0 spiro atoms. The van der Waals surface area contributed by atoms with Crippen LogP contribution in [0.3, 0.4) is 0 Å². The average molecular weight is 303 g/mol. The molecule has 2 heteroatoms. The minimum atomic E-state index is 0.0848. The van der Waals surface area contributed by atoms with Crippen molar-refractivity contribution in [2.75, 3.05) is 5.73 Å². The Balaban J connectivity index is 2.23. The summed E-state index contributed by atoms with van der Waals surface area (Å²) in [5.74, 6) is 0. The summed E-state index contributed by atoms with van der Waals surface area (Å²) < 4.78 is 0.